The van der Waals surface area contributed by atoms with Crippen molar-refractivity contribution in [1.82, 2.24) is 4.90 Å². The van der Waals surface area contributed by atoms with E-state index in [1.54, 1.807) is 0 Å². The zero-order valence-electron chi connectivity index (χ0n) is 12.7. The molecule has 22 heavy (non-hydrogen) atoms. The molecule has 1 aromatic carbocycles. The van der Waals surface area contributed by atoms with E-state index < -0.39 is 6.10 Å². The highest BCUT2D eigenvalue weighted by Crippen LogP contribution is 2.61. The number of aliphatic hydroxyl groups is 2. The van der Waals surface area contributed by atoms with E-state index in [0.717, 1.165) is 30.7 Å². The Bertz CT molecular complexity index is 685. The first-order chi connectivity index (χ1) is 10.7. The molecule has 1 saturated heterocycles. The standard InChI is InChI=1S/C18H21NO3/c1-19-7-6-18-12-4-5-14(21)17(18)22-16-11(9-20)3-2-10(15(16)18)8-13(12)19/h2-5,12-14,17,20-21H,6-9H2,1H3/t12?,13?,14-,17-,18-/m0/s1. The van der Waals surface area contributed by atoms with Crippen LogP contribution in [0.15, 0.2) is 24.3 Å². The molecule has 4 aliphatic rings. The first-order valence-corrected chi connectivity index (χ1v) is 8.16. The van der Waals surface area contributed by atoms with E-state index in [1.165, 1.54) is 11.1 Å². The molecule has 2 unspecified atom stereocenters. The zero-order chi connectivity index (χ0) is 15.1. The lowest BCUT2D eigenvalue weighted by molar-refractivity contribution is -0.0453. The summed E-state index contributed by atoms with van der Waals surface area (Å²) in [5.74, 6) is 1.24. The number of likely N-dealkylation sites (N-methyl/N-ethyl adjacent to an activating group) is 1. The molecule has 2 aliphatic heterocycles. The Balaban J connectivity index is 1.82. The average Bonchev–Trinajstić information content (AvgIpc) is 2.88. The zero-order valence-corrected chi connectivity index (χ0v) is 12.7. The Hall–Kier alpha value is -1.36. The van der Waals surface area contributed by atoms with E-state index in [-0.39, 0.29) is 18.1 Å². The summed E-state index contributed by atoms with van der Waals surface area (Å²) in [6.07, 6.45) is 5.38. The van der Waals surface area contributed by atoms with Gasteiger partial charge in [-0.1, -0.05) is 24.3 Å². The first-order valence-electron chi connectivity index (χ1n) is 8.16. The highest BCUT2D eigenvalue weighted by atomic mass is 16.5. The normalized spacial score (nSPS) is 41.2. The third-order valence-electron chi connectivity index (χ3n) is 6.42. The second-order valence-corrected chi connectivity index (χ2v) is 7.23. The smallest absolute Gasteiger partial charge is 0.138 e. The second-order valence-electron chi connectivity index (χ2n) is 7.23. The maximum atomic E-state index is 10.5. The summed E-state index contributed by atoms with van der Waals surface area (Å²) in [6, 6.07) is 4.62. The van der Waals surface area contributed by atoms with Crippen molar-refractivity contribution in [2.45, 2.75) is 43.1 Å². The number of hydrogen-bond donors (Lipinski definition) is 2. The van der Waals surface area contributed by atoms with Crippen LogP contribution < -0.4 is 4.74 Å². The van der Waals surface area contributed by atoms with Crippen LogP contribution in [0.3, 0.4) is 0 Å². The molecular weight excluding hydrogens is 278 g/mol. The van der Waals surface area contributed by atoms with E-state index in [2.05, 4.69) is 24.1 Å². The molecule has 2 aliphatic carbocycles. The number of nitrogens with zero attached hydrogens (tertiary/aromatic N) is 1. The molecule has 4 nitrogen and oxygen atoms in total. The second kappa shape index (κ2) is 4.13. The predicted octanol–water partition coefficient (Wildman–Crippen LogP) is 0.985. The Labute approximate surface area is 130 Å². The van der Waals surface area contributed by atoms with Crippen LogP contribution in [0, 0.1) is 5.92 Å². The fraction of sp³-hybridized carbons (Fsp3) is 0.556. The topological polar surface area (TPSA) is 52.9 Å². The molecule has 0 radical (unpaired) electrons. The van der Waals surface area contributed by atoms with E-state index in [1.807, 2.05) is 12.1 Å². The van der Waals surface area contributed by atoms with Gasteiger partial charge in [-0.25, -0.2) is 0 Å². The summed E-state index contributed by atoms with van der Waals surface area (Å²) in [7, 11) is 2.20. The summed E-state index contributed by atoms with van der Waals surface area (Å²) in [5, 5.41) is 20.2. The van der Waals surface area contributed by atoms with Crippen molar-refractivity contribution in [2.24, 2.45) is 5.92 Å². The number of benzene rings is 1. The van der Waals surface area contributed by atoms with Crippen LogP contribution in [0.25, 0.3) is 0 Å². The number of likely N-dealkylation sites (tertiary alicyclic amines) is 1. The molecular formula is C18H21NO3. The van der Waals surface area contributed by atoms with Crippen LogP contribution in [0.4, 0.5) is 0 Å². The van der Waals surface area contributed by atoms with E-state index in [0.29, 0.717) is 12.0 Å². The number of piperidine rings is 1. The lowest BCUT2D eigenvalue weighted by Gasteiger charge is -2.56. The Morgan fingerprint density at radius 1 is 1.36 bits per heavy atom. The van der Waals surface area contributed by atoms with Crippen molar-refractivity contribution >= 4 is 0 Å². The summed E-state index contributed by atoms with van der Waals surface area (Å²) >= 11 is 0. The van der Waals surface area contributed by atoms with E-state index >= 15 is 0 Å². The third-order valence-corrected chi connectivity index (χ3v) is 6.42. The highest BCUT2D eigenvalue weighted by Gasteiger charge is 2.63. The van der Waals surface area contributed by atoms with Crippen LogP contribution in [-0.2, 0) is 18.4 Å². The molecule has 116 valence electrons. The Morgan fingerprint density at radius 3 is 3.05 bits per heavy atom. The molecule has 5 atom stereocenters. The molecule has 2 bridgehead atoms. The Morgan fingerprint density at radius 2 is 2.23 bits per heavy atom. The van der Waals surface area contributed by atoms with Gasteiger partial charge in [0.15, 0.2) is 0 Å². The van der Waals surface area contributed by atoms with Crippen LogP contribution in [0.5, 0.6) is 5.75 Å². The van der Waals surface area contributed by atoms with Gasteiger partial charge in [-0.3, -0.25) is 0 Å². The lowest BCUT2D eigenvalue weighted by atomic mass is 9.53. The van der Waals surface area contributed by atoms with Crippen molar-refractivity contribution in [2.75, 3.05) is 13.6 Å². The van der Waals surface area contributed by atoms with Crippen molar-refractivity contribution in [3.63, 3.8) is 0 Å². The average molecular weight is 299 g/mol. The quantitative estimate of drug-likeness (QED) is 0.759. The Kier molecular flexibility index (Phi) is 2.46. The molecule has 4 heteroatoms. The summed E-state index contributed by atoms with van der Waals surface area (Å²) in [6.45, 7) is 1.02. The molecule has 0 amide bonds. The van der Waals surface area contributed by atoms with Gasteiger partial charge >= 0.3 is 0 Å². The van der Waals surface area contributed by atoms with Gasteiger partial charge in [0, 0.05) is 28.5 Å². The molecule has 1 aromatic rings. The molecule has 2 N–H and O–H groups in total. The van der Waals surface area contributed by atoms with Gasteiger partial charge in [0.25, 0.3) is 0 Å². The van der Waals surface area contributed by atoms with Gasteiger partial charge in [0.05, 0.1) is 6.61 Å². The maximum absolute atomic E-state index is 10.5. The minimum atomic E-state index is -0.565. The van der Waals surface area contributed by atoms with Gasteiger partial charge in [-0.2, -0.15) is 0 Å². The summed E-state index contributed by atoms with van der Waals surface area (Å²) in [4.78, 5) is 2.45. The number of ether oxygens (including phenoxy) is 1. The van der Waals surface area contributed by atoms with Crippen LogP contribution in [-0.4, -0.2) is 47.0 Å². The maximum Gasteiger partial charge on any atom is 0.138 e. The van der Waals surface area contributed by atoms with E-state index in [9.17, 15) is 10.2 Å². The fourth-order valence-corrected chi connectivity index (χ4v) is 5.43. The molecule has 1 fully saturated rings. The molecule has 2 heterocycles. The highest BCUT2D eigenvalue weighted by molar-refractivity contribution is 5.59. The SMILES string of the molecule is CN1CC[C@]23c4c5ccc(CO)c4O[C@H]2[C@@H](O)C=CC3C1C5. The largest absolute Gasteiger partial charge is 0.486 e. The summed E-state index contributed by atoms with van der Waals surface area (Å²) in [5.41, 5.74) is 3.36. The van der Waals surface area contributed by atoms with Crippen molar-refractivity contribution < 1.29 is 14.9 Å². The van der Waals surface area contributed by atoms with Crippen molar-refractivity contribution in [3.8, 4) is 5.75 Å². The number of aliphatic hydroxyl groups excluding tert-OH is 2. The monoisotopic (exact) mass is 299 g/mol. The lowest BCUT2D eigenvalue weighted by Crippen LogP contribution is -2.64. The van der Waals surface area contributed by atoms with E-state index in [4.69, 9.17) is 4.74 Å². The van der Waals surface area contributed by atoms with Gasteiger partial charge in [-0.15, -0.1) is 0 Å². The third kappa shape index (κ3) is 1.31. The minimum Gasteiger partial charge on any atom is -0.486 e. The van der Waals surface area contributed by atoms with Crippen LogP contribution in [0.2, 0.25) is 0 Å². The molecule has 0 aromatic heterocycles. The van der Waals surface area contributed by atoms with Crippen LogP contribution >= 0.6 is 0 Å². The minimum absolute atomic E-state index is 0.0110. The van der Waals surface area contributed by atoms with Gasteiger partial charge in [0.1, 0.15) is 18.0 Å². The van der Waals surface area contributed by atoms with Gasteiger partial charge < -0.3 is 19.8 Å². The van der Waals surface area contributed by atoms with Gasteiger partial charge in [-0.05, 0) is 32.0 Å². The van der Waals surface area contributed by atoms with Gasteiger partial charge in [0.2, 0.25) is 0 Å². The van der Waals surface area contributed by atoms with Crippen molar-refractivity contribution in [1.29, 1.82) is 0 Å². The predicted molar refractivity (Wildman–Crippen MR) is 81.8 cm³/mol. The summed E-state index contributed by atoms with van der Waals surface area (Å²) < 4.78 is 6.27. The molecule has 1 spiro atoms. The number of rotatable bonds is 1. The van der Waals surface area contributed by atoms with Crippen molar-refractivity contribution in [3.05, 3.63) is 41.0 Å². The molecule has 5 rings (SSSR count). The number of hydrogen-bond acceptors (Lipinski definition) is 4. The van der Waals surface area contributed by atoms with Crippen LogP contribution in [0.1, 0.15) is 23.1 Å². The fourth-order valence-electron chi connectivity index (χ4n) is 5.43. The first kappa shape index (κ1) is 13.1. The molecule has 0 saturated carbocycles.